The van der Waals surface area contributed by atoms with Crippen molar-refractivity contribution >= 4 is 28.8 Å². The Bertz CT molecular complexity index is 1440. The van der Waals surface area contributed by atoms with Gasteiger partial charge in [0.15, 0.2) is 5.78 Å². The first kappa shape index (κ1) is 30.6. The standard InChI is InChI=1S/C34H46N4O6/c1-18-27-17-38(28(18)19(2)39)32(40)30(34(3,4)5)37-33(41)44-29-20(14-21-15-23(21)29)10-8-7-9-11-25-31(43-27)36-26-16-22(42-6)12-13-24(26)35-25/h12-13,16,18,20-21,23,27-30H,7-11,14-15,17H2,1-6H3,(H,37,41)/t18-,20-,21-,23+,27+,28+,29+,30-/m1/s1. The van der Waals surface area contributed by atoms with Gasteiger partial charge in [0.2, 0.25) is 11.8 Å². The molecule has 1 aromatic carbocycles. The van der Waals surface area contributed by atoms with Crippen LogP contribution < -0.4 is 14.8 Å². The number of carbonyl (C=O) groups is 3. The van der Waals surface area contributed by atoms with E-state index in [4.69, 9.17) is 24.2 Å². The van der Waals surface area contributed by atoms with Crippen LogP contribution in [-0.4, -0.2) is 70.6 Å². The second-order valence-corrected chi connectivity index (χ2v) is 14.5. The van der Waals surface area contributed by atoms with Crippen molar-refractivity contribution < 1.29 is 28.6 Å². The Labute approximate surface area is 259 Å². The van der Waals surface area contributed by atoms with Crippen LogP contribution in [0.4, 0.5) is 4.79 Å². The lowest BCUT2D eigenvalue weighted by Gasteiger charge is -2.35. The van der Waals surface area contributed by atoms with E-state index in [9.17, 15) is 14.4 Å². The average molecular weight is 607 g/mol. The zero-order valence-corrected chi connectivity index (χ0v) is 26.8. The number of hydrogen-bond donors (Lipinski definition) is 1. The molecule has 0 radical (unpaired) electrons. The topological polar surface area (TPSA) is 120 Å². The molecule has 238 valence electrons. The highest BCUT2D eigenvalue weighted by molar-refractivity contribution is 5.92. The van der Waals surface area contributed by atoms with E-state index in [0.29, 0.717) is 41.3 Å². The van der Waals surface area contributed by atoms with E-state index in [0.717, 1.165) is 49.7 Å². The summed E-state index contributed by atoms with van der Waals surface area (Å²) in [7, 11) is 1.61. The third-order valence-electron chi connectivity index (χ3n) is 10.2. The number of carbonyl (C=O) groups excluding carboxylic acids is 3. The highest BCUT2D eigenvalue weighted by Crippen LogP contribution is 2.57. The number of aromatic nitrogens is 2. The van der Waals surface area contributed by atoms with Crippen LogP contribution in [0.5, 0.6) is 11.6 Å². The molecule has 2 saturated carbocycles. The molecule has 2 aromatic rings. The monoisotopic (exact) mass is 606 g/mol. The predicted octanol–water partition coefficient (Wildman–Crippen LogP) is 5.10. The Morgan fingerprint density at radius 3 is 2.57 bits per heavy atom. The molecule has 2 aliphatic heterocycles. The molecule has 6 rings (SSSR count). The molecule has 1 aromatic heterocycles. The molecule has 0 spiro atoms. The summed E-state index contributed by atoms with van der Waals surface area (Å²) < 4.78 is 18.1. The van der Waals surface area contributed by atoms with Gasteiger partial charge in [-0.15, -0.1) is 0 Å². The van der Waals surface area contributed by atoms with Gasteiger partial charge in [0.25, 0.3) is 0 Å². The van der Waals surface area contributed by atoms with E-state index >= 15 is 0 Å². The van der Waals surface area contributed by atoms with Crippen LogP contribution in [0.15, 0.2) is 18.2 Å². The Morgan fingerprint density at radius 1 is 1.05 bits per heavy atom. The summed E-state index contributed by atoms with van der Waals surface area (Å²) in [5.74, 6) is 1.78. The van der Waals surface area contributed by atoms with Gasteiger partial charge < -0.3 is 24.4 Å². The summed E-state index contributed by atoms with van der Waals surface area (Å²) in [4.78, 5) is 52.1. The number of nitrogens with zero attached hydrogens (tertiary/aromatic N) is 3. The molecule has 2 amide bonds. The van der Waals surface area contributed by atoms with Crippen molar-refractivity contribution in [3.63, 3.8) is 0 Å². The number of amides is 2. The van der Waals surface area contributed by atoms with Crippen molar-refractivity contribution in [2.45, 2.75) is 104 Å². The first-order chi connectivity index (χ1) is 20.9. The number of hydrogen-bond acceptors (Lipinski definition) is 8. The lowest BCUT2D eigenvalue weighted by Crippen LogP contribution is -2.57. The van der Waals surface area contributed by atoms with E-state index in [1.807, 2.05) is 45.9 Å². The summed E-state index contributed by atoms with van der Waals surface area (Å²) in [6, 6.07) is 4.05. The van der Waals surface area contributed by atoms with Crippen molar-refractivity contribution in [1.29, 1.82) is 0 Å². The lowest BCUT2D eigenvalue weighted by atomic mass is 9.85. The average Bonchev–Trinajstić information content (AvgIpc) is 3.55. The van der Waals surface area contributed by atoms with Gasteiger partial charge in [-0.2, -0.15) is 0 Å². The van der Waals surface area contributed by atoms with E-state index in [-0.39, 0.29) is 30.3 Å². The van der Waals surface area contributed by atoms with Crippen molar-refractivity contribution in [2.24, 2.45) is 29.1 Å². The summed E-state index contributed by atoms with van der Waals surface area (Å²) in [6.07, 6.45) is 5.75. The highest BCUT2D eigenvalue weighted by atomic mass is 16.6. The van der Waals surface area contributed by atoms with E-state index in [1.54, 1.807) is 12.0 Å². The van der Waals surface area contributed by atoms with Gasteiger partial charge in [-0.05, 0) is 74.3 Å². The number of nitrogens with one attached hydrogen (secondary N) is 1. The largest absolute Gasteiger partial charge is 0.497 e. The fourth-order valence-corrected chi connectivity index (χ4v) is 7.75. The molecule has 1 saturated heterocycles. The van der Waals surface area contributed by atoms with E-state index < -0.39 is 29.7 Å². The van der Waals surface area contributed by atoms with Crippen LogP contribution >= 0.6 is 0 Å². The summed E-state index contributed by atoms with van der Waals surface area (Å²) >= 11 is 0. The summed E-state index contributed by atoms with van der Waals surface area (Å²) in [5.41, 5.74) is 1.59. The fourth-order valence-electron chi connectivity index (χ4n) is 7.75. The number of ether oxygens (including phenoxy) is 3. The summed E-state index contributed by atoms with van der Waals surface area (Å²) in [5, 5.41) is 2.93. The maximum atomic E-state index is 14.2. The number of benzene rings is 1. The van der Waals surface area contributed by atoms with E-state index in [2.05, 4.69) is 5.32 Å². The van der Waals surface area contributed by atoms with Crippen molar-refractivity contribution in [3.05, 3.63) is 23.9 Å². The Morgan fingerprint density at radius 2 is 1.84 bits per heavy atom. The molecule has 2 aliphatic carbocycles. The quantitative estimate of drug-likeness (QED) is 0.501. The molecule has 0 unspecified atom stereocenters. The smallest absolute Gasteiger partial charge is 0.408 e. The second kappa shape index (κ2) is 11.8. The maximum absolute atomic E-state index is 14.2. The lowest BCUT2D eigenvalue weighted by molar-refractivity contribution is -0.141. The molecule has 4 aliphatic rings. The molecule has 10 nitrogen and oxygen atoms in total. The number of aryl methyl sites for hydroxylation is 1. The molecule has 3 heterocycles. The molecular formula is C34H46N4O6. The Kier molecular flexibility index (Phi) is 8.22. The number of rotatable bonds is 2. The number of methoxy groups -OCH3 is 1. The third-order valence-corrected chi connectivity index (χ3v) is 10.2. The molecule has 2 bridgehead atoms. The Hall–Kier alpha value is -3.43. The van der Waals surface area contributed by atoms with Gasteiger partial charge in [-0.3, -0.25) is 9.59 Å². The fraction of sp³-hybridized carbons (Fsp3) is 0.676. The van der Waals surface area contributed by atoms with Gasteiger partial charge in [0, 0.05) is 12.0 Å². The van der Waals surface area contributed by atoms with Crippen LogP contribution in [-0.2, 0) is 20.7 Å². The number of fused-ring (bicyclic) bond motifs is 7. The van der Waals surface area contributed by atoms with Crippen molar-refractivity contribution in [1.82, 2.24) is 20.2 Å². The minimum absolute atomic E-state index is 0.112. The van der Waals surface area contributed by atoms with Crippen LogP contribution in [0.25, 0.3) is 11.0 Å². The molecule has 44 heavy (non-hydrogen) atoms. The number of alkyl carbamates (subject to hydrolysis) is 1. The molecule has 3 fully saturated rings. The van der Waals surface area contributed by atoms with E-state index in [1.165, 1.54) is 6.92 Å². The number of Topliss-reactive ketones (excluding diaryl/α,β-unsaturated/α-hetero) is 1. The van der Waals surface area contributed by atoms with Crippen LogP contribution in [0.2, 0.25) is 0 Å². The number of ketones is 1. The van der Waals surface area contributed by atoms with Crippen LogP contribution in [0.1, 0.15) is 78.8 Å². The summed E-state index contributed by atoms with van der Waals surface area (Å²) in [6.45, 7) is 9.38. The van der Waals surface area contributed by atoms with Gasteiger partial charge in [0.1, 0.15) is 29.7 Å². The predicted molar refractivity (Wildman–Crippen MR) is 164 cm³/mol. The van der Waals surface area contributed by atoms with Crippen molar-refractivity contribution in [2.75, 3.05) is 13.7 Å². The first-order valence-corrected chi connectivity index (χ1v) is 16.2. The molecular weight excluding hydrogens is 560 g/mol. The zero-order chi connectivity index (χ0) is 31.3. The van der Waals surface area contributed by atoms with Crippen LogP contribution in [0.3, 0.4) is 0 Å². The highest BCUT2D eigenvalue weighted by Gasteiger charge is 2.55. The van der Waals surface area contributed by atoms with Gasteiger partial charge in [0.05, 0.1) is 30.7 Å². The van der Waals surface area contributed by atoms with Gasteiger partial charge in [-0.25, -0.2) is 14.8 Å². The first-order valence-electron chi connectivity index (χ1n) is 16.2. The molecule has 10 heteroatoms. The molecule has 1 N–H and O–H groups in total. The zero-order valence-electron chi connectivity index (χ0n) is 26.8. The third kappa shape index (κ3) is 5.96. The van der Waals surface area contributed by atoms with Gasteiger partial charge in [-0.1, -0.05) is 40.5 Å². The molecule has 8 atom stereocenters. The Balaban J connectivity index is 1.36. The van der Waals surface area contributed by atoms with Crippen LogP contribution in [0, 0.1) is 29.1 Å². The second-order valence-electron chi connectivity index (χ2n) is 14.5. The minimum Gasteiger partial charge on any atom is -0.497 e. The minimum atomic E-state index is -0.875. The van der Waals surface area contributed by atoms with Crippen molar-refractivity contribution in [3.8, 4) is 11.6 Å². The van der Waals surface area contributed by atoms with Gasteiger partial charge >= 0.3 is 6.09 Å². The normalized spacial score (nSPS) is 32.7. The SMILES string of the molecule is COc1ccc2nc3c(nc2c1)O[C@H]1CN(C(=O)[C@H](C(C)(C)C)NC(=O)O[C@H]2[C@H](CCCCC3)C[C@@H]3C[C@@H]32)[C@H](C(C)=O)[C@@H]1C. The maximum Gasteiger partial charge on any atom is 0.408 e.